The SMILES string of the molecule is COc1ccc(CN(C)[C@H](C)C(=O)N[C@@H]2CCCC[C@H]2C)c(OC)c1. The van der Waals surface area contributed by atoms with E-state index < -0.39 is 0 Å². The average molecular weight is 348 g/mol. The highest BCUT2D eigenvalue weighted by molar-refractivity contribution is 5.81. The van der Waals surface area contributed by atoms with Crippen LogP contribution >= 0.6 is 0 Å². The molecular formula is C20H32N2O3. The van der Waals surface area contributed by atoms with Crippen molar-refractivity contribution >= 4 is 5.91 Å². The molecule has 1 aromatic carbocycles. The Morgan fingerprint density at radius 3 is 2.64 bits per heavy atom. The minimum absolute atomic E-state index is 0.105. The van der Waals surface area contributed by atoms with Crippen molar-refractivity contribution in [2.75, 3.05) is 21.3 Å². The number of benzene rings is 1. The molecule has 0 radical (unpaired) electrons. The van der Waals surface area contributed by atoms with Crippen molar-refractivity contribution in [3.05, 3.63) is 23.8 Å². The van der Waals surface area contributed by atoms with E-state index in [9.17, 15) is 4.79 Å². The lowest BCUT2D eigenvalue weighted by Gasteiger charge is -2.32. The van der Waals surface area contributed by atoms with Crippen molar-refractivity contribution in [2.24, 2.45) is 5.92 Å². The number of ether oxygens (including phenoxy) is 2. The highest BCUT2D eigenvalue weighted by Crippen LogP contribution is 2.26. The highest BCUT2D eigenvalue weighted by Gasteiger charge is 2.26. The van der Waals surface area contributed by atoms with Gasteiger partial charge in [0.15, 0.2) is 0 Å². The summed E-state index contributed by atoms with van der Waals surface area (Å²) in [6, 6.07) is 5.90. The van der Waals surface area contributed by atoms with E-state index in [2.05, 4.69) is 12.2 Å². The average Bonchev–Trinajstić information content (AvgIpc) is 2.63. The summed E-state index contributed by atoms with van der Waals surface area (Å²) in [6.07, 6.45) is 4.79. The van der Waals surface area contributed by atoms with Gasteiger partial charge in [0.1, 0.15) is 11.5 Å². The Kier molecular flexibility index (Phi) is 7.12. The molecule has 1 amide bonds. The van der Waals surface area contributed by atoms with Gasteiger partial charge in [-0.3, -0.25) is 9.69 Å². The number of amides is 1. The number of hydrogen-bond acceptors (Lipinski definition) is 4. The molecule has 0 spiro atoms. The normalized spacial score (nSPS) is 21.7. The van der Waals surface area contributed by atoms with Gasteiger partial charge in [-0.15, -0.1) is 0 Å². The molecule has 0 saturated heterocycles. The Morgan fingerprint density at radius 1 is 1.28 bits per heavy atom. The summed E-state index contributed by atoms with van der Waals surface area (Å²) in [4.78, 5) is 14.7. The molecule has 5 heteroatoms. The number of carbonyl (C=O) groups is 1. The van der Waals surface area contributed by atoms with Gasteiger partial charge < -0.3 is 14.8 Å². The molecule has 25 heavy (non-hydrogen) atoms. The molecule has 0 aliphatic heterocycles. The zero-order valence-electron chi connectivity index (χ0n) is 16.2. The van der Waals surface area contributed by atoms with Crippen LogP contribution in [-0.2, 0) is 11.3 Å². The monoisotopic (exact) mass is 348 g/mol. The number of nitrogens with one attached hydrogen (secondary N) is 1. The van der Waals surface area contributed by atoms with E-state index in [0.717, 1.165) is 23.5 Å². The molecule has 1 N–H and O–H groups in total. The summed E-state index contributed by atoms with van der Waals surface area (Å²) in [5.74, 6) is 2.21. The van der Waals surface area contributed by atoms with Crippen LogP contribution < -0.4 is 14.8 Å². The van der Waals surface area contributed by atoms with Gasteiger partial charge >= 0.3 is 0 Å². The van der Waals surface area contributed by atoms with Crippen LogP contribution in [0.15, 0.2) is 18.2 Å². The Balaban J connectivity index is 1.97. The van der Waals surface area contributed by atoms with Crippen LogP contribution in [0.1, 0.15) is 45.1 Å². The van der Waals surface area contributed by atoms with Crippen LogP contribution in [-0.4, -0.2) is 44.2 Å². The second-order valence-electron chi connectivity index (χ2n) is 7.15. The molecule has 1 fully saturated rings. The van der Waals surface area contributed by atoms with Gasteiger partial charge in [0.25, 0.3) is 0 Å². The molecule has 5 nitrogen and oxygen atoms in total. The van der Waals surface area contributed by atoms with E-state index in [1.54, 1.807) is 14.2 Å². The molecular weight excluding hydrogens is 316 g/mol. The van der Waals surface area contributed by atoms with Crippen LogP contribution in [0.4, 0.5) is 0 Å². The first kappa shape index (κ1) is 19.6. The van der Waals surface area contributed by atoms with Gasteiger partial charge in [0.05, 0.1) is 20.3 Å². The van der Waals surface area contributed by atoms with Crippen molar-refractivity contribution < 1.29 is 14.3 Å². The first-order valence-electron chi connectivity index (χ1n) is 9.17. The maximum Gasteiger partial charge on any atom is 0.237 e. The molecule has 140 valence electrons. The first-order chi connectivity index (χ1) is 12.0. The summed E-state index contributed by atoms with van der Waals surface area (Å²) >= 11 is 0. The minimum atomic E-state index is -0.194. The zero-order chi connectivity index (χ0) is 18.4. The number of nitrogens with zero attached hydrogens (tertiary/aromatic N) is 1. The van der Waals surface area contributed by atoms with Gasteiger partial charge in [-0.25, -0.2) is 0 Å². The maximum atomic E-state index is 12.6. The van der Waals surface area contributed by atoms with Crippen molar-refractivity contribution in [1.29, 1.82) is 0 Å². The lowest BCUT2D eigenvalue weighted by atomic mass is 9.86. The minimum Gasteiger partial charge on any atom is -0.497 e. The number of methoxy groups -OCH3 is 2. The fourth-order valence-corrected chi connectivity index (χ4v) is 3.42. The quantitative estimate of drug-likeness (QED) is 0.822. The summed E-state index contributed by atoms with van der Waals surface area (Å²) in [5.41, 5.74) is 1.04. The number of hydrogen-bond donors (Lipinski definition) is 1. The maximum absolute atomic E-state index is 12.6. The molecule has 3 atom stereocenters. The Hall–Kier alpha value is -1.75. The summed E-state index contributed by atoms with van der Waals surface area (Å²) < 4.78 is 10.7. The van der Waals surface area contributed by atoms with Gasteiger partial charge in [0, 0.05) is 24.2 Å². The Labute approximate surface area is 151 Å². The standard InChI is InChI=1S/C20H32N2O3/c1-14-8-6-7-9-18(14)21-20(23)15(2)22(3)13-16-10-11-17(24-4)12-19(16)25-5/h10-12,14-15,18H,6-9,13H2,1-5H3,(H,21,23)/t14-,15-,18-/m1/s1. The molecule has 0 heterocycles. The zero-order valence-corrected chi connectivity index (χ0v) is 16.2. The van der Waals surface area contributed by atoms with Gasteiger partial charge in [-0.05, 0) is 38.8 Å². The second-order valence-corrected chi connectivity index (χ2v) is 7.15. The molecule has 0 aromatic heterocycles. The first-order valence-corrected chi connectivity index (χ1v) is 9.17. The van der Waals surface area contributed by atoms with Crippen molar-refractivity contribution in [2.45, 2.75) is 58.2 Å². The van der Waals surface area contributed by atoms with Gasteiger partial charge in [-0.1, -0.05) is 25.8 Å². The van der Waals surface area contributed by atoms with Crippen LogP contribution in [0.2, 0.25) is 0 Å². The third-order valence-corrected chi connectivity index (χ3v) is 5.39. The van der Waals surface area contributed by atoms with E-state index in [1.165, 1.54) is 19.3 Å². The lowest BCUT2D eigenvalue weighted by molar-refractivity contribution is -0.126. The number of carbonyl (C=O) groups excluding carboxylic acids is 1. The van der Waals surface area contributed by atoms with Gasteiger partial charge in [-0.2, -0.15) is 0 Å². The predicted octanol–water partition coefficient (Wildman–Crippen LogP) is 3.22. The Bertz CT molecular complexity index is 576. The molecule has 1 aliphatic carbocycles. The predicted molar refractivity (Wildman–Crippen MR) is 100 cm³/mol. The van der Waals surface area contributed by atoms with E-state index in [-0.39, 0.29) is 11.9 Å². The van der Waals surface area contributed by atoms with E-state index in [0.29, 0.717) is 18.5 Å². The largest absolute Gasteiger partial charge is 0.497 e. The van der Waals surface area contributed by atoms with Crippen molar-refractivity contribution in [1.82, 2.24) is 10.2 Å². The molecule has 0 unspecified atom stereocenters. The topological polar surface area (TPSA) is 50.8 Å². The second kappa shape index (κ2) is 9.09. The smallest absolute Gasteiger partial charge is 0.237 e. The highest BCUT2D eigenvalue weighted by atomic mass is 16.5. The molecule has 0 bridgehead atoms. The van der Waals surface area contributed by atoms with Crippen LogP contribution in [0.25, 0.3) is 0 Å². The van der Waals surface area contributed by atoms with E-state index in [1.807, 2.05) is 37.1 Å². The van der Waals surface area contributed by atoms with Crippen LogP contribution in [0.5, 0.6) is 11.5 Å². The third kappa shape index (κ3) is 5.11. The summed E-state index contributed by atoms with van der Waals surface area (Å²) in [6.45, 7) is 4.83. The van der Waals surface area contributed by atoms with Crippen LogP contribution in [0.3, 0.4) is 0 Å². The van der Waals surface area contributed by atoms with Crippen molar-refractivity contribution in [3.63, 3.8) is 0 Å². The van der Waals surface area contributed by atoms with Crippen LogP contribution in [0, 0.1) is 5.92 Å². The lowest BCUT2D eigenvalue weighted by Crippen LogP contribution is -2.49. The van der Waals surface area contributed by atoms with E-state index >= 15 is 0 Å². The summed E-state index contributed by atoms with van der Waals surface area (Å²) in [5, 5.41) is 3.25. The third-order valence-electron chi connectivity index (χ3n) is 5.39. The molecule has 2 rings (SSSR count). The number of rotatable bonds is 7. The van der Waals surface area contributed by atoms with Gasteiger partial charge in [0.2, 0.25) is 5.91 Å². The molecule has 1 saturated carbocycles. The fraction of sp³-hybridized carbons (Fsp3) is 0.650. The van der Waals surface area contributed by atoms with Crippen molar-refractivity contribution in [3.8, 4) is 11.5 Å². The molecule has 1 aromatic rings. The summed E-state index contributed by atoms with van der Waals surface area (Å²) in [7, 11) is 5.26. The Morgan fingerprint density at radius 2 is 2.00 bits per heavy atom. The van der Waals surface area contributed by atoms with E-state index in [4.69, 9.17) is 9.47 Å². The fourth-order valence-electron chi connectivity index (χ4n) is 3.42. The molecule has 1 aliphatic rings. The number of likely N-dealkylation sites (N-methyl/N-ethyl adjacent to an activating group) is 1.